The average molecular weight is 446 g/mol. The van der Waals surface area contributed by atoms with Gasteiger partial charge in [0.15, 0.2) is 5.82 Å². The summed E-state index contributed by atoms with van der Waals surface area (Å²) in [6.07, 6.45) is 6.69. The molecule has 0 radical (unpaired) electrons. The van der Waals surface area contributed by atoms with E-state index in [9.17, 15) is 9.59 Å². The number of carbonyl (C=O) groups excluding carboxylic acids is 2. The van der Waals surface area contributed by atoms with Gasteiger partial charge in [-0.2, -0.15) is 0 Å². The molecule has 0 bridgehead atoms. The van der Waals surface area contributed by atoms with Crippen molar-refractivity contribution >= 4 is 22.7 Å². The third kappa shape index (κ3) is 3.69. The van der Waals surface area contributed by atoms with E-state index in [1.165, 1.54) is 6.42 Å². The van der Waals surface area contributed by atoms with Gasteiger partial charge in [0.25, 0.3) is 11.8 Å². The van der Waals surface area contributed by atoms with Crippen LogP contribution >= 0.6 is 0 Å². The number of aryl methyl sites for hydroxylation is 2. The number of hydrogen-bond donors (Lipinski definition) is 0. The quantitative estimate of drug-likeness (QED) is 0.606. The number of benzene rings is 1. The largest absolute Gasteiger partial charge is 0.347 e. The molecule has 3 aromatic rings. The van der Waals surface area contributed by atoms with Crippen LogP contribution < -0.4 is 0 Å². The summed E-state index contributed by atoms with van der Waals surface area (Å²) in [4.78, 5) is 39.8. The summed E-state index contributed by atoms with van der Waals surface area (Å²) in [5.41, 5.74) is 4.04. The fourth-order valence-corrected chi connectivity index (χ4v) is 5.34. The highest BCUT2D eigenvalue weighted by Gasteiger charge is 2.35. The lowest BCUT2D eigenvalue weighted by atomic mass is 10.1. The van der Waals surface area contributed by atoms with Crippen LogP contribution in [0.1, 0.15) is 76.1 Å². The number of amides is 2. The molecule has 4 heterocycles. The van der Waals surface area contributed by atoms with Crippen molar-refractivity contribution in [1.82, 2.24) is 24.3 Å². The maximum Gasteiger partial charge on any atom is 0.257 e. The van der Waals surface area contributed by atoms with Gasteiger partial charge in [-0.3, -0.25) is 9.59 Å². The second-order valence-corrected chi connectivity index (χ2v) is 9.27. The van der Waals surface area contributed by atoms with Crippen molar-refractivity contribution in [2.24, 2.45) is 7.05 Å². The smallest absolute Gasteiger partial charge is 0.257 e. The van der Waals surface area contributed by atoms with Crippen LogP contribution in [0.3, 0.4) is 0 Å². The third-order valence-corrected chi connectivity index (χ3v) is 7.30. The normalized spacial score (nSPS) is 18.8. The van der Waals surface area contributed by atoms with E-state index in [0.29, 0.717) is 23.6 Å². The molecule has 7 nitrogen and oxygen atoms in total. The summed E-state index contributed by atoms with van der Waals surface area (Å²) in [6, 6.07) is 7.87. The lowest BCUT2D eigenvalue weighted by Gasteiger charge is -2.27. The highest BCUT2D eigenvalue weighted by atomic mass is 16.2. The Hall–Kier alpha value is -3.22. The van der Waals surface area contributed by atoms with E-state index in [4.69, 9.17) is 4.98 Å². The fraction of sp³-hybridized carbons (Fsp3) is 0.462. The number of likely N-dealkylation sites (tertiary alicyclic amines) is 2. The SMILES string of the molecule is Cc1nc(C2CCCN2C(=O)c2c(C)n(C)c3ccccc23)ncc1C(=O)N1CCCCC1. The van der Waals surface area contributed by atoms with Gasteiger partial charge in [-0.05, 0) is 52.0 Å². The molecule has 1 atom stereocenters. The lowest BCUT2D eigenvalue weighted by molar-refractivity contribution is 0.0712. The van der Waals surface area contributed by atoms with E-state index in [1.807, 2.05) is 55.0 Å². The van der Waals surface area contributed by atoms with Gasteiger partial charge in [0, 0.05) is 49.5 Å². The van der Waals surface area contributed by atoms with Gasteiger partial charge < -0.3 is 14.4 Å². The van der Waals surface area contributed by atoms with Crippen molar-refractivity contribution < 1.29 is 9.59 Å². The van der Waals surface area contributed by atoms with Crippen molar-refractivity contribution in [3.05, 3.63) is 58.8 Å². The third-order valence-electron chi connectivity index (χ3n) is 7.30. The van der Waals surface area contributed by atoms with Crippen LogP contribution in [0.25, 0.3) is 10.9 Å². The van der Waals surface area contributed by atoms with E-state index in [1.54, 1.807) is 6.20 Å². The predicted molar refractivity (Wildman–Crippen MR) is 127 cm³/mol. The Balaban J connectivity index is 1.43. The Morgan fingerprint density at radius 3 is 2.48 bits per heavy atom. The van der Waals surface area contributed by atoms with Crippen LogP contribution in [0.4, 0.5) is 0 Å². The Labute approximate surface area is 194 Å². The molecule has 2 aromatic heterocycles. The second kappa shape index (κ2) is 8.61. The summed E-state index contributed by atoms with van der Waals surface area (Å²) in [5, 5.41) is 0.979. The maximum absolute atomic E-state index is 13.7. The molecule has 2 aliphatic rings. The average Bonchev–Trinajstić information content (AvgIpc) is 3.43. The zero-order valence-corrected chi connectivity index (χ0v) is 19.7. The summed E-state index contributed by atoms with van der Waals surface area (Å²) in [5.74, 6) is 0.678. The molecule has 172 valence electrons. The Kier molecular flexibility index (Phi) is 5.64. The number of rotatable bonds is 3. The number of fused-ring (bicyclic) bond motifs is 1. The van der Waals surface area contributed by atoms with Crippen molar-refractivity contribution in [3.8, 4) is 0 Å². The molecule has 2 amide bonds. The Morgan fingerprint density at radius 2 is 1.73 bits per heavy atom. The van der Waals surface area contributed by atoms with E-state index in [2.05, 4.69) is 9.55 Å². The number of para-hydroxylation sites is 1. The molecule has 0 spiro atoms. The zero-order chi connectivity index (χ0) is 23.1. The highest BCUT2D eigenvalue weighted by molar-refractivity contribution is 6.08. The van der Waals surface area contributed by atoms with Gasteiger partial charge in [0.1, 0.15) is 0 Å². The molecule has 0 aliphatic carbocycles. The van der Waals surface area contributed by atoms with Gasteiger partial charge in [-0.15, -0.1) is 0 Å². The first-order chi connectivity index (χ1) is 16.0. The van der Waals surface area contributed by atoms with Gasteiger partial charge in [-0.1, -0.05) is 18.2 Å². The molecular weight excluding hydrogens is 414 g/mol. The molecule has 2 aliphatic heterocycles. The minimum absolute atomic E-state index is 0.0180. The molecular formula is C26H31N5O2. The molecule has 2 fully saturated rings. The van der Waals surface area contributed by atoms with E-state index in [-0.39, 0.29) is 17.9 Å². The zero-order valence-electron chi connectivity index (χ0n) is 19.7. The summed E-state index contributed by atoms with van der Waals surface area (Å²) < 4.78 is 2.08. The fourth-order valence-electron chi connectivity index (χ4n) is 5.34. The highest BCUT2D eigenvalue weighted by Crippen LogP contribution is 2.34. The number of nitrogens with zero attached hydrogens (tertiary/aromatic N) is 5. The molecule has 5 rings (SSSR count). The molecule has 0 N–H and O–H groups in total. The van der Waals surface area contributed by atoms with E-state index < -0.39 is 0 Å². The van der Waals surface area contributed by atoms with Crippen LogP contribution in [-0.4, -0.2) is 55.8 Å². The topological polar surface area (TPSA) is 71.3 Å². The summed E-state index contributed by atoms with van der Waals surface area (Å²) in [6.45, 7) is 6.16. The summed E-state index contributed by atoms with van der Waals surface area (Å²) in [7, 11) is 2.00. The molecule has 7 heteroatoms. The van der Waals surface area contributed by atoms with Gasteiger partial charge in [0.2, 0.25) is 0 Å². The number of aromatic nitrogens is 3. The summed E-state index contributed by atoms with van der Waals surface area (Å²) >= 11 is 0. The van der Waals surface area contributed by atoms with Crippen molar-refractivity contribution in [3.63, 3.8) is 0 Å². The van der Waals surface area contributed by atoms with Gasteiger partial charge >= 0.3 is 0 Å². The van der Waals surface area contributed by atoms with Crippen LogP contribution in [0.15, 0.2) is 30.5 Å². The number of hydrogen-bond acceptors (Lipinski definition) is 4. The molecule has 33 heavy (non-hydrogen) atoms. The van der Waals surface area contributed by atoms with Crippen molar-refractivity contribution in [2.75, 3.05) is 19.6 Å². The van der Waals surface area contributed by atoms with Crippen LogP contribution in [0.5, 0.6) is 0 Å². The van der Waals surface area contributed by atoms with Gasteiger partial charge in [0.05, 0.1) is 22.9 Å². The van der Waals surface area contributed by atoms with E-state index in [0.717, 1.165) is 60.9 Å². The van der Waals surface area contributed by atoms with Crippen molar-refractivity contribution in [1.29, 1.82) is 0 Å². The standard InChI is InChI=1S/C26H31N5O2/c1-17-20(25(32)30-13-7-4-8-14-30)16-27-24(28-17)22-12-9-15-31(22)26(33)23-18(2)29(3)21-11-6-5-10-19(21)23/h5-6,10-11,16,22H,4,7-9,12-15H2,1-3H3. The maximum atomic E-state index is 13.7. The molecule has 0 saturated carbocycles. The van der Waals surface area contributed by atoms with Crippen LogP contribution in [0, 0.1) is 13.8 Å². The second-order valence-electron chi connectivity index (χ2n) is 9.27. The first-order valence-corrected chi connectivity index (χ1v) is 11.9. The minimum Gasteiger partial charge on any atom is -0.347 e. The Bertz CT molecular complexity index is 1220. The predicted octanol–water partition coefficient (Wildman–Crippen LogP) is 4.19. The Morgan fingerprint density at radius 1 is 0.970 bits per heavy atom. The minimum atomic E-state index is -0.172. The van der Waals surface area contributed by atoms with Crippen LogP contribution in [0.2, 0.25) is 0 Å². The first-order valence-electron chi connectivity index (χ1n) is 11.9. The first kappa shape index (κ1) is 21.6. The van der Waals surface area contributed by atoms with Crippen molar-refractivity contribution in [2.45, 2.75) is 52.0 Å². The number of carbonyl (C=O) groups is 2. The van der Waals surface area contributed by atoms with E-state index >= 15 is 0 Å². The van der Waals surface area contributed by atoms with Gasteiger partial charge in [-0.25, -0.2) is 9.97 Å². The monoisotopic (exact) mass is 445 g/mol. The number of piperidine rings is 1. The molecule has 1 unspecified atom stereocenters. The molecule has 1 aromatic carbocycles. The van der Waals surface area contributed by atoms with Crippen LogP contribution in [-0.2, 0) is 7.05 Å². The lowest BCUT2D eigenvalue weighted by Crippen LogP contribution is -2.36. The molecule has 2 saturated heterocycles.